The number of Topliss-reactive ketones (excluding diaryl/α,β-unsaturated/α-hetero) is 1. The molecule has 0 unspecified atom stereocenters. The zero-order chi connectivity index (χ0) is 12.4. The summed E-state index contributed by atoms with van der Waals surface area (Å²) >= 11 is 5.79. The van der Waals surface area contributed by atoms with Crippen molar-refractivity contribution in [3.63, 3.8) is 0 Å². The van der Waals surface area contributed by atoms with Gasteiger partial charge in [0.25, 0.3) is 0 Å². The summed E-state index contributed by atoms with van der Waals surface area (Å²) in [5.74, 6) is 0.756. The van der Waals surface area contributed by atoms with Gasteiger partial charge < -0.3 is 4.74 Å². The summed E-state index contributed by atoms with van der Waals surface area (Å²) < 4.78 is 5.15. The number of methoxy groups -OCH3 is 1. The largest absolute Gasteiger partial charge is 0.497 e. The first-order valence-electron chi connectivity index (χ1n) is 5.38. The highest BCUT2D eigenvalue weighted by Crippen LogP contribution is 2.22. The predicted octanol–water partition coefficient (Wildman–Crippen LogP) is 3.66. The van der Waals surface area contributed by atoms with Gasteiger partial charge >= 0.3 is 0 Å². The van der Waals surface area contributed by atoms with Crippen molar-refractivity contribution in [1.29, 1.82) is 0 Å². The lowest BCUT2D eigenvalue weighted by Gasteiger charge is -2.06. The number of benzene rings is 2. The summed E-state index contributed by atoms with van der Waals surface area (Å²) in [5, 5.41) is 1.56. The molecule has 2 nitrogen and oxygen atoms in total. The Balaban J connectivity index is 2.48. The molecule has 0 radical (unpaired) electrons. The SMILES string of the molecule is COc1ccc2cc(C(=O)[C@H](C)Cl)ccc2c1. The molecule has 0 bridgehead atoms. The number of hydrogen-bond acceptors (Lipinski definition) is 2. The van der Waals surface area contributed by atoms with Crippen LogP contribution in [0.15, 0.2) is 36.4 Å². The summed E-state index contributed by atoms with van der Waals surface area (Å²) in [4.78, 5) is 11.8. The molecular formula is C14H13ClO2. The van der Waals surface area contributed by atoms with Crippen molar-refractivity contribution in [1.82, 2.24) is 0 Å². The number of ketones is 1. The molecule has 17 heavy (non-hydrogen) atoms. The van der Waals surface area contributed by atoms with Crippen molar-refractivity contribution in [2.75, 3.05) is 7.11 Å². The zero-order valence-corrected chi connectivity index (χ0v) is 10.5. The van der Waals surface area contributed by atoms with Gasteiger partial charge in [-0.15, -0.1) is 11.6 Å². The summed E-state index contributed by atoms with van der Waals surface area (Å²) in [6.07, 6.45) is 0. The van der Waals surface area contributed by atoms with Gasteiger partial charge in [-0.25, -0.2) is 0 Å². The van der Waals surface area contributed by atoms with E-state index in [-0.39, 0.29) is 5.78 Å². The topological polar surface area (TPSA) is 26.3 Å². The fraction of sp³-hybridized carbons (Fsp3) is 0.214. The normalized spacial score (nSPS) is 12.4. The summed E-state index contributed by atoms with van der Waals surface area (Å²) in [6, 6.07) is 11.3. The molecule has 0 spiro atoms. The smallest absolute Gasteiger partial charge is 0.180 e. The van der Waals surface area contributed by atoms with E-state index in [1.807, 2.05) is 30.3 Å². The van der Waals surface area contributed by atoms with Gasteiger partial charge in [0.05, 0.1) is 12.5 Å². The van der Waals surface area contributed by atoms with Crippen LogP contribution in [0.2, 0.25) is 0 Å². The highest BCUT2D eigenvalue weighted by atomic mass is 35.5. The highest BCUT2D eigenvalue weighted by Gasteiger charge is 2.12. The van der Waals surface area contributed by atoms with E-state index in [9.17, 15) is 4.79 Å². The second-order valence-electron chi connectivity index (χ2n) is 3.91. The molecule has 2 aromatic rings. The van der Waals surface area contributed by atoms with Gasteiger partial charge in [-0.1, -0.05) is 18.2 Å². The van der Waals surface area contributed by atoms with Gasteiger partial charge in [0.1, 0.15) is 5.75 Å². The molecule has 0 aliphatic rings. The molecule has 0 saturated heterocycles. The van der Waals surface area contributed by atoms with E-state index >= 15 is 0 Å². The number of halogens is 1. The number of fused-ring (bicyclic) bond motifs is 1. The molecular weight excluding hydrogens is 236 g/mol. The lowest BCUT2D eigenvalue weighted by Crippen LogP contribution is -2.10. The Hall–Kier alpha value is -1.54. The minimum atomic E-state index is -0.495. The van der Waals surface area contributed by atoms with E-state index in [0.717, 1.165) is 16.5 Å². The fourth-order valence-electron chi connectivity index (χ4n) is 1.73. The molecule has 0 saturated carbocycles. The maximum absolute atomic E-state index is 11.8. The summed E-state index contributed by atoms with van der Waals surface area (Å²) in [6.45, 7) is 1.68. The average molecular weight is 249 g/mol. The van der Waals surface area contributed by atoms with E-state index < -0.39 is 5.38 Å². The summed E-state index contributed by atoms with van der Waals surface area (Å²) in [7, 11) is 1.63. The van der Waals surface area contributed by atoms with Crippen LogP contribution in [0.1, 0.15) is 17.3 Å². The minimum Gasteiger partial charge on any atom is -0.497 e. The van der Waals surface area contributed by atoms with Gasteiger partial charge in [-0.2, -0.15) is 0 Å². The Morgan fingerprint density at radius 1 is 1.18 bits per heavy atom. The van der Waals surface area contributed by atoms with Crippen LogP contribution in [-0.2, 0) is 0 Å². The van der Waals surface area contributed by atoms with Crippen molar-refractivity contribution in [3.8, 4) is 5.75 Å². The van der Waals surface area contributed by atoms with Crippen molar-refractivity contribution < 1.29 is 9.53 Å². The second kappa shape index (κ2) is 4.76. The lowest BCUT2D eigenvalue weighted by atomic mass is 10.0. The number of rotatable bonds is 3. The number of carbonyl (C=O) groups excluding carboxylic acids is 1. The molecule has 0 aliphatic carbocycles. The molecule has 2 rings (SSSR count). The van der Waals surface area contributed by atoms with Gasteiger partial charge in [0.2, 0.25) is 0 Å². The predicted molar refractivity (Wildman–Crippen MR) is 70.1 cm³/mol. The molecule has 3 heteroatoms. The molecule has 0 amide bonds. The second-order valence-corrected chi connectivity index (χ2v) is 4.56. The highest BCUT2D eigenvalue weighted by molar-refractivity contribution is 6.33. The van der Waals surface area contributed by atoms with Crippen molar-refractivity contribution >= 4 is 28.2 Å². The minimum absolute atomic E-state index is 0.0515. The van der Waals surface area contributed by atoms with E-state index in [4.69, 9.17) is 16.3 Å². The summed E-state index contributed by atoms with van der Waals surface area (Å²) in [5.41, 5.74) is 0.644. The Labute approximate surface area is 105 Å². The van der Waals surface area contributed by atoms with E-state index in [1.165, 1.54) is 0 Å². The number of carbonyl (C=O) groups is 1. The molecule has 0 fully saturated rings. The maximum Gasteiger partial charge on any atom is 0.180 e. The van der Waals surface area contributed by atoms with Crippen LogP contribution < -0.4 is 4.74 Å². The molecule has 1 atom stereocenters. The first-order valence-corrected chi connectivity index (χ1v) is 5.81. The third-order valence-corrected chi connectivity index (χ3v) is 2.89. The Kier molecular flexibility index (Phi) is 3.34. The van der Waals surface area contributed by atoms with E-state index in [2.05, 4.69) is 0 Å². The van der Waals surface area contributed by atoms with Gasteiger partial charge in [0, 0.05) is 5.56 Å². The third kappa shape index (κ3) is 2.42. The molecule has 0 N–H and O–H groups in total. The molecule has 2 aromatic carbocycles. The van der Waals surface area contributed by atoms with Crippen LogP contribution in [0.3, 0.4) is 0 Å². The van der Waals surface area contributed by atoms with Gasteiger partial charge in [-0.3, -0.25) is 4.79 Å². The maximum atomic E-state index is 11.8. The monoisotopic (exact) mass is 248 g/mol. The lowest BCUT2D eigenvalue weighted by molar-refractivity contribution is 0.0992. The van der Waals surface area contributed by atoms with E-state index in [0.29, 0.717) is 5.56 Å². The molecule has 88 valence electrons. The zero-order valence-electron chi connectivity index (χ0n) is 9.74. The third-order valence-electron chi connectivity index (χ3n) is 2.69. The van der Waals surface area contributed by atoms with Gasteiger partial charge in [0.15, 0.2) is 5.78 Å². The number of hydrogen-bond donors (Lipinski definition) is 0. The Bertz CT molecular complexity index is 561. The van der Waals surface area contributed by atoms with E-state index in [1.54, 1.807) is 20.1 Å². The Morgan fingerprint density at radius 2 is 1.82 bits per heavy atom. The van der Waals surface area contributed by atoms with Crippen LogP contribution in [0.4, 0.5) is 0 Å². The van der Waals surface area contributed by atoms with Crippen LogP contribution in [0, 0.1) is 0 Å². The molecule has 0 heterocycles. The molecule has 0 aliphatic heterocycles. The quantitative estimate of drug-likeness (QED) is 0.612. The number of ether oxygens (including phenoxy) is 1. The van der Waals surface area contributed by atoms with Gasteiger partial charge in [-0.05, 0) is 35.9 Å². The number of alkyl halides is 1. The Morgan fingerprint density at radius 3 is 2.47 bits per heavy atom. The van der Waals surface area contributed by atoms with Crippen LogP contribution in [-0.4, -0.2) is 18.3 Å². The van der Waals surface area contributed by atoms with Crippen LogP contribution >= 0.6 is 11.6 Å². The average Bonchev–Trinajstić information content (AvgIpc) is 2.36. The molecule has 0 aromatic heterocycles. The fourth-order valence-corrected chi connectivity index (χ4v) is 1.86. The van der Waals surface area contributed by atoms with Crippen LogP contribution in [0.5, 0.6) is 5.75 Å². The van der Waals surface area contributed by atoms with Crippen molar-refractivity contribution in [3.05, 3.63) is 42.0 Å². The first-order chi connectivity index (χ1) is 8.11. The standard InChI is InChI=1S/C14H13ClO2/c1-9(15)14(16)12-4-3-11-8-13(17-2)6-5-10(11)7-12/h3-9H,1-2H3/t9-/m0/s1. The van der Waals surface area contributed by atoms with Crippen LogP contribution in [0.25, 0.3) is 10.8 Å². The van der Waals surface area contributed by atoms with Crippen molar-refractivity contribution in [2.24, 2.45) is 0 Å². The first kappa shape index (κ1) is 11.9. The van der Waals surface area contributed by atoms with Crippen molar-refractivity contribution in [2.45, 2.75) is 12.3 Å².